The smallest absolute Gasteiger partial charge is 0.244 e. The molecule has 1 aromatic rings. The van der Waals surface area contributed by atoms with Crippen LogP contribution in [0, 0.1) is 0 Å². The summed E-state index contributed by atoms with van der Waals surface area (Å²) in [6.07, 6.45) is 6.18. The summed E-state index contributed by atoms with van der Waals surface area (Å²) < 4.78 is 27.0. The Balaban J connectivity index is 1.72. The molecule has 0 N–H and O–H groups in total. The number of piperidine rings is 1. The first-order valence-corrected chi connectivity index (χ1v) is 11.0. The zero-order valence-corrected chi connectivity index (χ0v) is 16.2. The van der Waals surface area contributed by atoms with Crippen LogP contribution in [-0.2, 0) is 14.8 Å². The lowest BCUT2D eigenvalue weighted by atomic mass is 10.2. The van der Waals surface area contributed by atoms with E-state index in [9.17, 15) is 13.2 Å². The van der Waals surface area contributed by atoms with Crippen molar-refractivity contribution >= 4 is 21.7 Å². The molecule has 2 aliphatic rings. The van der Waals surface area contributed by atoms with Crippen LogP contribution in [0.5, 0.6) is 0 Å². The van der Waals surface area contributed by atoms with Gasteiger partial charge in [0.1, 0.15) is 10.7 Å². The number of rotatable bonds is 5. The van der Waals surface area contributed by atoms with Crippen LogP contribution in [0.1, 0.15) is 39.0 Å². The van der Waals surface area contributed by atoms with Crippen LogP contribution >= 0.6 is 0 Å². The summed E-state index contributed by atoms with van der Waals surface area (Å²) >= 11 is 0. The number of carbonyl (C=O) groups excluding carboxylic acids is 1. The second-order valence-corrected chi connectivity index (χ2v) is 8.91. The van der Waals surface area contributed by atoms with Gasteiger partial charge in [0.15, 0.2) is 0 Å². The number of anilines is 1. The SMILES string of the molecule is CCCN1CCCN(c2ccc(S(=O)(=O)N3CCCCC3)cn2)CC1=O. The fourth-order valence-corrected chi connectivity index (χ4v) is 5.05. The number of nitrogens with zero attached hydrogens (tertiary/aromatic N) is 4. The van der Waals surface area contributed by atoms with Crippen molar-refractivity contribution in [1.82, 2.24) is 14.2 Å². The summed E-state index contributed by atoms with van der Waals surface area (Å²) in [5.41, 5.74) is 0. The molecule has 26 heavy (non-hydrogen) atoms. The lowest BCUT2D eigenvalue weighted by Gasteiger charge is -2.26. The van der Waals surface area contributed by atoms with Gasteiger partial charge >= 0.3 is 0 Å². The van der Waals surface area contributed by atoms with E-state index in [1.165, 1.54) is 6.20 Å². The zero-order valence-electron chi connectivity index (χ0n) is 15.4. The zero-order chi connectivity index (χ0) is 18.6. The van der Waals surface area contributed by atoms with Crippen LogP contribution < -0.4 is 4.90 Å². The highest BCUT2D eigenvalue weighted by Crippen LogP contribution is 2.22. The highest BCUT2D eigenvalue weighted by molar-refractivity contribution is 7.89. The number of amides is 1. The van der Waals surface area contributed by atoms with E-state index in [-0.39, 0.29) is 10.8 Å². The largest absolute Gasteiger partial charge is 0.347 e. The number of aromatic nitrogens is 1. The molecule has 0 radical (unpaired) electrons. The number of hydrogen-bond donors (Lipinski definition) is 0. The lowest BCUT2D eigenvalue weighted by Crippen LogP contribution is -2.37. The summed E-state index contributed by atoms with van der Waals surface area (Å²) in [6, 6.07) is 3.34. The third kappa shape index (κ3) is 4.17. The Bertz CT molecular complexity index is 714. The first-order chi connectivity index (χ1) is 12.5. The second-order valence-electron chi connectivity index (χ2n) is 6.97. The van der Waals surface area contributed by atoms with Crippen LogP contribution in [0.3, 0.4) is 0 Å². The van der Waals surface area contributed by atoms with E-state index in [0.717, 1.165) is 51.7 Å². The highest BCUT2D eigenvalue weighted by Gasteiger charge is 2.27. The minimum Gasteiger partial charge on any atom is -0.347 e. The van der Waals surface area contributed by atoms with Gasteiger partial charge in [-0.2, -0.15) is 4.31 Å². The Hall–Kier alpha value is -1.67. The van der Waals surface area contributed by atoms with Crippen molar-refractivity contribution in [2.24, 2.45) is 0 Å². The number of hydrogen-bond acceptors (Lipinski definition) is 5. The van der Waals surface area contributed by atoms with Gasteiger partial charge in [0.2, 0.25) is 15.9 Å². The van der Waals surface area contributed by atoms with E-state index in [4.69, 9.17) is 0 Å². The van der Waals surface area contributed by atoms with E-state index in [2.05, 4.69) is 11.9 Å². The fraction of sp³-hybridized carbons (Fsp3) is 0.667. The van der Waals surface area contributed by atoms with Gasteiger partial charge in [-0.25, -0.2) is 13.4 Å². The summed E-state index contributed by atoms with van der Waals surface area (Å²) in [7, 11) is -3.47. The van der Waals surface area contributed by atoms with Gasteiger partial charge in [-0.05, 0) is 37.8 Å². The average Bonchev–Trinajstić information content (AvgIpc) is 2.85. The van der Waals surface area contributed by atoms with Crippen LogP contribution in [-0.4, -0.2) is 67.8 Å². The molecule has 0 aromatic carbocycles. The monoisotopic (exact) mass is 380 g/mol. The van der Waals surface area contributed by atoms with Crippen molar-refractivity contribution in [2.75, 3.05) is 44.2 Å². The van der Waals surface area contributed by atoms with E-state index in [1.807, 2.05) is 9.80 Å². The summed E-state index contributed by atoms with van der Waals surface area (Å²) in [4.78, 5) is 20.8. The molecule has 0 atom stereocenters. The molecule has 0 aliphatic carbocycles. The van der Waals surface area contributed by atoms with Crippen LogP contribution in [0.25, 0.3) is 0 Å². The molecule has 2 saturated heterocycles. The number of carbonyl (C=O) groups is 1. The first-order valence-electron chi connectivity index (χ1n) is 9.51. The predicted octanol–water partition coefficient (Wildman–Crippen LogP) is 1.70. The van der Waals surface area contributed by atoms with Gasteiger partial charge in [0.25, 0.3) is 0 Å². The molecule has 0 bridgehead atoms. The summed E-state index contributed by atoms with van der Waals surface area (Å²) in [5.74, 6) is 0.769. The minimum absolute atomic E-state index is 0.108. The van der Waals surface area contributed by atoms with Gasteiger partial charge in [0, 0.05) is 38.9 Å². The van der Waals surface area contributed by atoms with Crippen LogP contribution in [0.4, 0.5) is 5.82 Å². The van der Waals surface area contributed by atoms with Crippen LogP contribution in [0.15, 0.2) is 23.2 Å². The number of pyridine rings is 1. The highest BCUT2D eigenvalue weighted by atomic mass is 32.2. The first kappa shape index (κ1) is 19.1. The standard InChI is InChI=1S/C18H28N4O3S/c1-2-9-20-10-6-11-21(15-18(20)23)17-8-7-16(14-19-17)26(24,25)22-12-4-3-5-13-22/h7-8,14H,2-6,9-13,15H2,1H3. The van der Waals surface area contributed by atoms with Crippen molar-refractivity contribution < 1.29 is 13.2 Å². The molecule has 1 aromatic heterocycles. The third-order valence-electron chi connectivity index (χ3n) is 5.03. The topological polar surface area (TPSA) is 73.8 Å². The lowest BCUT2D eigenvalue weighted by molar-refractivity contribution is -0.129. The number of sulfonamides is 1. The molecule has 2 fully saturated rings. The molecule has 1 amide bonds. The molecule has 0 saturated carbocycles. The fourth-order valence-electron chi connectivity index (χ4n) is 3.59. The van der Waals surface area contributed by atoms with Crippen molar-refractivity contribution in [3.8, 4) is 0 Å². The molecule has 3 heterocycles. The quantitative estimate of drug-likeness (QED) is 0.777. The molecule has 3 rings (SSSR count). The second kappa shape index (κ2) is 8.35. The molecule has 8 heteroatoms. The Kier molecular flexibility index (Phi) is 6.13. The van der Waals surface area contributed by atoms with Crippen molar-refractivity contribution in [3.05, 3.63) is 18.3 Å². The summed E-state index contributed by atoms with van der Waals surface area (Å²) in [6.45, 7) is 5.83. The van der Waals surface area contributed by atoms with Crippen molar-refractivity contribution in [2.45, 2.75) is 43.9 Å². The molecule has 2 aliphatic heterocycles. The molecule has 7 nitrogen and oxygen atoms in total. The average molecular weight is 381 g/mol. The van der Waals surface area contributed by atoms with E-state index >= 15 is 0 Å². The molecular formula is C18H28N4O3S. The van der Waals surface area contributed by atoms with E-state index in [0.29, 0.717) is 25.5 Å². The minimum atomic E-state index is -3.47. The Morgan fingerprint density at radius 2 is 1.81 bits per heavy atom. The maximum Gasteiger partial charge on any atom is 0.244 e. The molecular weight excluding hydrogens is 352 g/mol. The molecule has 0 unspecified atom stereocenters. The van der Waals surface area contributed by atoms with Crippen molar-refractivity contribution in [3.63, 3.8) is 0 Å². The van der Waals surface area contributed by atoms with E-state index in [1.54, 1.807) is 16.4 Å². The van der Waals surface area contributed by atoms with Crippen LogP contribution in [0.2, 0.25) is 0 Å². The van der Waals surface area contributed by atoms with Gasteiger partial charge in [-0.1, -0.05) is 13.3 Å². The maximum absolute atomic E-state index is 12.7. The van der Waals surface area contributed by atoms with Gasteiger partial charge in [-0.3, -0.25) is 4.79 Å². The third-order valence-corrected chi connectivity index (χ3v) is 6.91. The van der Waals surface area contributed by atoms with Crippen molar-refractivity contribution in [1.29, 1.82) is 0 Å². The molecule has 144 valence electrons. The van der Waals surface area contributed by atoms with Gasteiger partial charge in [-0.15, -0.1) is 0 Å². The molecule has 0 spiro atoms. The van der Waals surface area contributed by atoms with E-state index < -0.39 is 10.0 Å². The predicted molar refractivity (Wildman–Crippen MR) is 101 cm³/mol. The Morgan fingerprint density at radius 1 is 1.04 bits per heavy atom. The maximum atomic E-state index is 12.7. The Morgan fingerprint density at radius 3 is 2.46 bits per heavy atom. The Labute approximate surface area is 156 Å². The summed E-state index contributed by atoms with van der Waals surface area (Å²) in [5, 5.41) is 0. The van der Waals surface area contributed by atoms with Gasteiger partial charge < -0.3 is 9.80 Å². The van der Waals surface area contributed by atoms with Gasteiger partial charge in [0.05, 0.1) is 6.54 Å². The normalized spacial score (nSPS) is 20.3.